The second-order valence-corrected chi connectivity index (χ2v) is 8.88. The van der Waals surface area contributed by atoms with Crippen LogP contribution in [0.1, 0.15) is 56.3 Å². The number of aromatic nitrogens is 4. The first kappa shape index (κ1) is 21.4. The minimum Gasteiger partial charge on any atom is -0.489 e. The summed E-state index contributed by atoms with van der Waals surface area (Å²) in [4.78, 5) is 9.24. The first-order chi connectivity index (χ1) is 16.1. The third kappa shape index (κ3) is 4.28. The highest BCUT2D eigenvalue weighted by Crippen LogP contribution is 2.41. The first-order valence-electron chi connectivity index (χ1n) is 11.5. The molecule has 5 rings (SSSR count). The molecule has 0 unspecified atom stereocenters. The van der Waals surface area contributed by atoms with E-state index in [2.05, 4.69) is 10.1 Å². The molecule has 0 saturated heterocycles. The number of rotatable bonds is 6. The van der Waals surface area contributed by atoms with E-state index in [1.54, 1.807) is 0 Å². The molecule has 0 amide bonds. The molecular weight excluding hydrogens is 414 g/mol. The summed E-state index contributed by atoms with van der Waals surface area (Å²) in [5.74, 6) is 2.25. The highest BCUT2D eigenvalue weighted by atomic mass is 16.5. The molecule has 3 N–H and O–H groups in total. The largest absolute Gasteiger partial charge is 0.489 e. The van der Waals surface area contributed by atoms with Crippen molar-refractivity contribution in [1.29, 1.82) is 0 Å². The Morgan fingerprint density at radius 1 is 1.12 bits per heavy atom. The van der Waals surface area contributed by atoms with Gasteiger partial charge in [0, 0.05) is 11.5 Å². The summed E-state index contributed by atoms with van der Waals surface area (Å²) < 4.78 is 7.86. The molecule has 1 aliphatic rings. The maximum Gasteiger partial charge on any atom is 0.153 e. The van der Waals surface area contributed by atoms with Crippen molar-refractivity contribution in [1.82, 2.24) is 19.6 Å². The van der Waals surface area contributed by atoms with Crippen molar-refractivity contribution in [2.75, 3.05) is 5.73 Å². The van der Waals surface area contributed by atoms with Crippen molar-refractivity contribution < 1.29 is 9.84 Å². The zero-order valence-electron chi connectivity index (χ0n) is 18.8. The summed E-state index contributed by atoms with van der Waals surface area (Å²) in [6.45, 7) is 2.54. The minimum absolute atomic E-state index is 0.213. The molecule has 2 heterocycles. The van der Waals surface area contributed by atoms with E-state index in [0.29, 0.717) is 17.9 Å². The van der Waals surface area contributed by atoms with Crippen LogP contribution in [0.2, 0.25) is 0 Å². The zero-order valence-corrected chi connectivity index (χ0v) is 18.8. The van der Waals surface area contributed by atoms with E-state index in [1.807, 2.05) is 66.0 Å². The number of anilines is 1. The van der Waals surface area contributed by atoms with E-state index in [0.717, 1.165) is 60.5 Å². The van der Waals surface area contributed by atoms with Crippen LogP contribution in [-0.4, -0.2) is 30.3 Å². The third-order valence-corrected chi connectivity index (χ3v) is 6.78. The van der Waals surface area contributed by atoms with Gasteiger partial charge in [-0.3, -0.25) is 0 Å². The predicted octanol–water partition coefficient (Wildman–Crippen LogP) is 4.75. The second-order valence-electron chi connectivity index (χ2n) is 8.88. The van der Waals surface area contributed by atoms with Crippen molar-refractivity contribution in [3.63, 3.8) is 0 Å². The molecule has 1 saturated carbocycles. The molecule has 0 bridgehead atoms. The maximum absolute atomic E-state index is 10.7. The second kappa shape index (κ2) is 8.83. The molecule has 2 aromatic heterocycles. The maximum atomic E-state index is 10.7. The number of benzene rings is 2. The van der Waals surface area contributed by atoms with Gasteiger partial charge in [0.2, 0.25) is 0 Å². The number of hydrogen-bond acceptors (Lipinski definition) is 6. The molecule has 0 atom stereocenters. The fraction of sp³-hybridized carbons (Fsp3) is 0.346. The molecule has 170 valence electrons. The standard InChI is InChI=1S/C26H29N5O2/c1-2-26(32)13-11-19(12-14-26)25-30-22(23-24(27)28-17-29-31(23)25)20-9-6-10-21(15-20)33-16-18-7-4-3-5-8-18/h3-10,15,17,19,32H,2,11-14,16H2,1H3,(H2,27,28,29). The number of nitrogens with zero attached hydrogens (tertiary/aromatic N) is 4. The molecule has 4 aromatic rings. The Morgan fingerprint density at radius 2 is 1.91 bits per heavy atom. The average Bonchev–Trinajstić information content (AvgIpc) is 3.25. The van der Waals surface area contributed by atoms with Gasteiger partial charge in [-0.25, -0.2) is 14.5 Å². The number of imidazole rings is 1. The van der Waals surface area contributed by atoms with Crippen molar-refractivity contribution in [2.24, 2.45) is 0 Å². The molecule has 1 aliphatic carbocycles. The van der Waals surface area contributed by atoms with Crippen LogP contribution in [-0.2, 0) is 6.61 Å². The van der Waals surface area contributed by atoms with Crippen LogP contribution in [0.15, 0.2) is 60.9 Å². The third-order valence-electron chi connectivity index (χ3n) is 6.78. The van der Waals surface area contributed by atoms with Crippen LogP contribution < -0.4 is 10.5 Å². The van der Waals surface area contributed by atoms with Crippen molar-refractivity contribution in [3.8, 4) is 17.0 Å². The first-order valence-corrected chi connectivity index (χ1v) is 11.5. The van der Waals surface area contributed by atoms with Gasteiger partial charge in [-0.1, -0.05) is 49.4 Å². The molecular formula is C26H29N5O2. The summed E-state index contributed by atoms with van der Waals surface area (Å²) in [5, 5.41) is 15.1. The average molecular weight is 444 g/mol. The van der Waals surface area contributed by atoms with Crippen LogP contribution in [0.5, 0.6) is 5.75 Å². The SMILES string of the molecule is CCC1(O)CCC(c2nc(-c3cccc(OCc4ccccc4)c3)c3c(N)ncnn23)CC1. The summed E-state index contributed by atoms with van der Waals surface area (Å²) in [6.07, 6.45) is 5.52. The molecule has 0 radical (unpaired) electrons. The summed E-state index contributed by atoms with van der Waals surface area (Å²) >= 11 is 0. The molecule has 1 fully saturated rings. The van der Waals surface area contributed by atoms with Crippen LogP contribution in [0.25, 0.3) is 16.8 Å². The Bertz CT molecular complexity index is 1250. The van der Waals surface area contributed by atoms with Gasteiger partial charge in [0.25, 0.3) is 0 Å². The quantitative estimate of drug-likeness (QED) is 0.446. The van der Waals surface area contributed by atoms with Gasteiger partial charge in [0.1, 0.15) is 35.7 Å². The van der Waals surface area contributed by atoms with Gasteiger partial charge < -0.3 is 15.6 Å². The Labute approximate surface area is 193 Å². The summed E-state index contributed by atoms with van der Waals surface area (Å²) in [5.41, 5.74) is 9.21. The zero-order chi connectivity index (χ0) is 22.8. The predicted molar refractivity (Wildman–Crippen MR) is 128 cm³/mol. The van der Waals surface area contributed by atoms with Crippen molar-refractivity contribution in [3.05, 3.63) is 72.3 Å². The lowest BCUT2D eigenvalue weighted by Gasteiger charge is -2.34. The van der Waals surface area contributed by atoms with Crippen LogP contribution in [0.4, 0.5) is 5.82 Å². The number of ether oxygens (including phenoxy) is 1. The number of nitrogen functional groups attached to an aromatic ring is 1. The van der Waals surface area contributed by atoms with Crippen LogP contribution in [0.3, 0.4) is 0 Å². The Kier molecular flexibility index (Phi) is 5.72. The van der Waals surface area contributed by atoms with Crippen molar-refractivity contribution >= 4 is 11.3 Å². The molecule has 7 nitrogen and oxygen atoms in total. The van der Waals surface area contributed by atoms with Gasteiger partial charge >= 0.3 is 0 Å². The van der Waals surface area contributed by atoms with Crippen LogP contribution >= 0.6 is 0 Å². The van der Waals surface area contributed by atoms with E-state index < -0.39 is 5.60 Å². The molecule has 0 aliphatic heterocycles. The molecule has 7 heteroatoms. The van der Waals surface area contributed by atoms with Gasteiger partial charge in [0.05, 0.1) is 5.60 Å². The smallest absolute Gasteiger partial charge is 0.153 e. The summed E-state index contributed by atoms with van der Waals surface area (Å²) in [7, 11) is 0. The van der Waals surface area contributed by atoms with Gasteiger partial charge in [-0.05, 0) is 49.8 Å². The van der Waals surface area contributed by atoms with Crippen LogP contribution in [0, 0.1) is 0 Å². The van der Waals surface area contributed by atoms with Crippen molar-refractivity contribution in [2.45, 2.75) is 57.2 Å². The fourth-order valence-electron chi connectivity index (χ4n) is 4.68. The van der Waals surface area contributed by atoms with E-state index in [4.69, 9.17) is 15.5 Å². The highest BCUT2D eigenvalue weighted by Gasteiger charge is 2.34. The monoisotopic (exact) mass is 443 g/mol. The lowest BCUT2D eigenvalue weighted by atomic mass is 9.77. The van der Waals surface area contributed by atoms with E-state index in [1.165, 1.54) is 6.33 Å². The van der Waals surface area contributed by atoms with Gasteiger partial charge in [-0.15, -0.1) is 0 Å². The fourth-order valence-corrected chi connectivity index (χ4v) is 4.68. The van der Waals surface area contributed by atoms with Gasteiger partial charge in [-0.2, -0.15) is 5.10 Å². The molecule has 33 heavy (non-hydrogen) atoms. The molecule has 2 aromatic carbocycles. The Balaban J connectivity index is 1.48. The highest BCUT2D eigenvalue weighted by molar-refractivity contribution is 5.85. The van der Waals surface area contributed by atoms with E-state index in [9.17, 15) is 5.11 Å². The number of aliphatic hydroxyl groups is 1. The van der Waals surface area contributed by atoms with Gasteiger partial charge in [0.15, 0.2) is 5.82 Å². The Hall–Kier alpha value is -3.45. The minimum atomic E-state index is -0.565. The van der Waals surface area contributed by atoms with E-state index in [-0.39, 0.29) is 5.92 Å². The number of hydrogen-bond donors (Lipinski definition) is 2. The normalized spacial score (nSPS) is 20.7. The topological polar surface area (TPSA) is 98.6 Å². The Morgan fingerprint density at radius 3 is 2.67 bits per heavy atom. The number of fused-ring (bicyclic) bond motifs is 1. The van der Waals surface area contributed by atoms with E-state index >= 15 is 0 Å². The lowest BCUT2D eigenvalue weighted by molar-refractivity contribution is -0.00494. The number of nitrogens with two attached hydrogens (primary N) is 1. The summed E-state index contributed by atoms with van der Waals surface area (Å²) in [6, 6.07) is 18.0. The molecule has 0 spiro atoms. The lowest BCUT2D eigenvalue weighted by Crippen LogP contribution is -2.33.